The minimum absolute atomic E-state index is 0.188. The average Bonchev–Trinajstić information content (AvgIpc) is 2.38. The van der Waals surface area contributed by atoms with E-state index >= 15 is 0 Å². The number of carbonyl (C=O) groups is 1. The molecule has 0 aromatic heterocycles. The number of hydrogen-bond acceptors (Lipinski definition) is 2. The van der Waals surface area contributed by atoms with Gasteiger partial charge in [-0.05, 0) is 30.3 Å². The van der Waals surface area contributed by atoms with Crippen LogP contribution in [0.1, 0.15) is 15.9 Å². The molecule has 0 atom stereocenters. The Hall–Kier alpha value is -1.82. The molecule has 0 saturated carbocycles. The number of hydrogen-bond donors (Lipinski definition) is 0. The highest BCUT2D eigenvalue weighted by molar-refractivity contribution is 9.10. The molecule has 2 nitrogen and oxygen atoms in total. The monoisotopic (exact) mass is 344 g/mol. The average molecular weight is 345 g/mol. The van der Waals surface area contributed by atoms with Gasteiger partial charge in [0, 0.05) is 4.47 Å². The third kappa shape index (κ3) is 3.39. The first-order chi connectivity index (χ1) is 9.38. The molecule has 0 spiro atoms. The highest BCUT2D eigenvalue weighted by Crippen LogP contribution is 2.34. The van der Waals surface area contributed by atoms with Gasteiger partial charge in [-0.25, -0.2) is 4.79 Å². The molecule has 2 aromatic carbocycles. The van der Waals surface area contributed by atoms with Gasteiger partial charge in [0.1, 0.15) is 5.75 Å². The van der Waals surface area contributed by atoms with Crippen LogP contribution >= 0.6 is 15.9 Å². The van der Waals surface area contributed by atoms with Gasteiger partial charge >= 0.3 is 12.1 Å². The van der Waals surface area contributed by atoms with E-state index in [-0.39, 0.29) is 10.2 Å². The van der Waals surface area contributed by atoms with Crippen LogP contribution in [0.4, 0.5) is 13.2 Å². The van der Waals surface area contributed by atoms with Gasteiger partial charge in [-0.15, -0.1) is 0 Å². The van der Waals surface area contributed by atoms with E-state index in [1.165, 1.54) is 18.2 Å². The summed E-state index contributed by atoms with van der Waals surface area (Å²) >= 11 is 2.95. The van der Waals surface area contributed by atoms with Crippen LogP contribution in [-0.4, -0.2) is 5.97 Å². The molecule has 20 heavy (non-hydrogen) atoms. The SMILES string of the molecule is O=C(Oc1ccccc1)c1ccc(Br)cc1C(F)(F)F. The molecule has 2 aromatic rings. The molecule has 0 heterocycles. The molecule has 0 radical (unpaired) electrons. The molecule has 0 bridgehead atoms. The number of para-hydroxylation sites is 1. The van der Waals surface area contributed by atoms with Crippen LogP contribution in [0.5, 0.6) is 5.75 Å². The lowest BCUT2D eigenvalue weighted by molar-refractivity contribution is -0.138. The lowest BCUT2D eigenvalue weighted by Crippen LogP contribution is -2.17. The maximum absolute atomic E-state index is 12.9. The molecule has 0 fully saturated rings. The summed E-state index contributed by atoms with van der Waals surface area (Å²) in [5, 5.41) is 0. The number of esters is 1. The molecular formula is C14H8BrF3O2. The Morgan fingerprint density at radius 1 is 1.05 bits per heavy atom. The predicted molar refractivity (Wildman–Crippen MR) is 70.5 cm³/mol. The highest BCUT2D eigenvalue weighted by atomic mass is 79.9. The van der Waals surface area contributed by atoms with Crippen LogP contribution in [0.2, 0.25) is 0 Å². The van der Waals surface area contributed by atoms with Gasteiger partial charge in [-0.1, -0.05) is 34.1 Å². The van der Waals surface area contributed by atoms with Crippen molar-refractivity contribution in [1.82, 2.24) is 0 Å². The Labute approximate surface area is 121 Å². The molecule has 0 saturated heterocycles. The zero-order valence-corrected chi connectivity index (χ0v) is 11.5. The van der Waals surface area contributed by atoms with E-state index < -0.39 is 23.3 Å². The van der Waals surface area contributed by atoms with Crippen molar-refractivity contribution >= 4 is 21.9 Å². The van der Waals surface area contributed by atoms with Crippen LogP contribution < -0.4 is 4.74 Å². The Balaban J connectivity index is 2.35. The molecule has 0 amide bonds. The topological polar surface area (TPSA) is 26.3 Å². The second-order valence-electron chi connectivity index (χ2n) is 3.89. The van der Waals surface area contributed by atoms with E-state index in [4.69, 9.17) is 4.74 Å². The molecule has 0 aliphatic heterocycles. The van der Waals surface area contributed by atoms with Crippen LogP contribution in [0.25, 0.3) is 0 Å². The first kappa shape index (κ1) is 14.6. The first-order valence-corrected chi connectivity index (χ1v) is 6.31. The fourth-order valence-corrected chi connectivity index (χ4v) is 1.94. The summed E-state index contributed by atoms with van der Waals surface area (Å²) in [5.74, 6) is -0.857. The molecule has 0 aliphatic carbocycles. The zero-order valence-electron chi connectivity index (χ0n) is 9.95. The van der Waals surface area contributed by atoms with Gasteiger partial charge < -0.3 is 4.74 Å². The van der Waals surface area contributed by atoms with Crippen molar-refractivity contribution in [2.45, 2.75) is 6.18 Å². The van der Waals surface area contributed by atoms with Crippen LogP contribution in [0, 0.1) is 0 Å². The van der Waals surface area contributed by atoms with Gasteiger partial charge in [-0.3, -0.25) is 0 Å². The van der Waals surface area contributed by atoms with Crippen LogP contribution in [0.15, 0.2) is 53.0 Å². The minimum atomic E-state index is -4.63. The summed E-state index contributed by atoms with van der Waals surface area (Å²) in [6.07, 6.45) is -4.63. The fraction of sp³-hybridized carbons (Fsp3) is 0.0714. The molecule has 6 heteroatoms. The lowest BCUT2D eigenvalue weighted by atomic mass is 10.1. The normalized spacial score (nSPS) is 11.2. The third-order valence-corrected chi connectivity index (χ3v) is 2.95. The summed E-state index contributed by atoms with van der Waals surface area (Å²) in [6, 6.07) is 11.2. The Morgan fingerprint density at radius 2 is 1.70 bits per heavy atom. The number of halogens is 4. The van der Waals surface area contributed by atoms with Crippen LogP contribution in [-0.2, 0) is 6.18 Å². The number of benzene rings is 2. The van der Waals surface area contributed by atoms with E-state index in [1.807, 2.05) is 0 Å². The molecule has 0 aliphatic rings. The summed E-state index contributed by atoms with van der Waals surface area (Å²) < 4.78 is 43.9. The Kier molecular flexibility index (Phi) is 4.13. The summed E-state index contributed by atoms with van der Waals surface area (Å²) in [5.41, 5.74) is -1.56. The van der Waals surface area contributed by atoms with E-state index in [0.717, 1.165) is 12.1 Å². The van der Waals surface area contributed by atoms with Gasteiger partial charge in [-0.2, -0.15) is 13.2 Å². The Morgan fingerprint density at radius 3 is 2.30 bits per heavy atom. The van der Waals surface area contributed by atoms with E-state index in [2.05, 4.69) is 15.9 Å². The summed E-state index contributed by atoms with van der Waals surface area (Å²) in [7, 11) is 0. The standard InChI is InChI=1S/C14H8BrF3O2/c15-9-6-7-11(12(8-9)14(16,17)18)13(19)20-10-4-2-1-3-5-10/h1-8H. The van der Waals surface area contributed by atoms with E-state index in [9.17, 15) is 18.0 Å². The van der Waals surface area contributed by atoms with Crippen molar-refractivity contribution in [1.29, 1.82) is 0 Å². The van der Waals surface area contributed by atoms with Gasteiger partial charge in [0.05, 0.1) is 11.1 Å². The van der Waals surface area contributed by atoms with Crippen molar-refractivity contribution in [2.75, 3.05) is 0 Å². The first-order valence-electron chi connectivity index (χ1n) is 5.52. The van der Waals surface area contributed by atoms with Crippen LogP contribution in [0.3, 0.4) is 0 Å². The second kappa shape index (κ2) is 5.66. The highest BCUT2D eigenvalue weighted by Gasteiger charge is 2.36. The quantitative estimate of drug-likeness (QED) is 0.583. The molecule has 104 valence electrons. The van der Waals surface area contributed by atoms with Gasteiger partial charge in [0.15, 0.2) is 0 Å². The maximum atomic E-state index is 12.9. The summed E-state index contributed by atoms with van der Waals surface area (Å²) in [4.78, 5) is 11.9. The number of rotatable bonds is 2. The van der Waals surface area contributed by atoms with E-state index in [0.29, 0.717) is 0 Å². The summed E-state index contributed by atoms with van der Waals surface area (Å²) in [6.45, 7) is 0. The van der Waals surface area contributed by atoms with Gasteiger partial charge in [0.25, 0.3) is 0 Å². The van der Waals surface area contributed by atoms with Crippen molar-refractivity contribution in [3.8, 4) is 5.75 Å². The van der Waals surface area contributed by atoms with Crippen molar-refractivity contribution in [3.05, 3.63) is 64.1 Å². The molecule has 0 N–H and O–H groups in total. The second-order valence-corrected chi connectivity index (χ2v) is 4.81. The van der Waals surface area contributed by atoms with Crippen molar-refractivity contribution in [3.63, 3.8) is 0 Å². The predicted octanol–water partition coefficient (Wildman–Crippen LogP) is 4.69. The Bertz CT molecular complexity index is 624. The van der Waals surface area contributed by atoms with Gasteiger partial charge in [0.2, 0.25) is 0 Å². The molecule has 0 unspecified atom stereocenters. The maximum Gasteiger partial charge on any atom is 0.417 e. The van der Waals surface area contributed by atoms with Crippen molar-refractivity contribution < 1.29 is 22.7 Å². The fourth-order valence-electron chi connectivity index (χ4n) is 1.58. The van der Waals surface area contributed by atoms with E-state index in [1.54, 1.807) is 18.2 Å². The largest absolute Gasteiger partial charge is 0.423 e. The van der Waals surface area contributed by atoms with Crippen molar-refractivity contribution in [2.24, 2.45) is 0 Å². The number of ether oxygens (including phenoxy) is 1. The molecule has 2 rings (SSSR count). The number of alkyl halides is 3. The minimum Gasteiger partial charge on any atom is -0.423 e. The zero-order chi connectivity index (χ0) is 14.8. The smallest absolute Gasteiger partial charge is 0.417 e. The lowest BCUT2D eigenvalue weighted by Gasteiger charge is -2.12. The molecular weight excluding hydrogens is 337 g/mol. The number of carbonyl (C=O) groups excluding carboxylic acids is 1. The third-order valence-electron chi connectivity index (χ3n) is 2.46.